The molecule has 0 aliphatic carbocycles. The van der Waals surface area contributed by atoms with Crippen molar-refractivity contribution in [2.24, 2.45) is 0 Å². The summed E-state index contributed by atoms with van der Waals surface area (Å²) < 4.78 is 0. The predicted octanol–water partition coefficient (Wildman–Crippen LogP) is 1.75. The number of aromatic nitrogens is 3. The topological polar surface area (TPSA) is 112 Å². The summed E-state index contributed by atoms with van der Waals surface area (Å²) in [6.45, 7) is 3.20. The molecule has 0 aromatic carbocycles. The summed E-state index contributed by atoms with van der Waals surface area (Å²) in [5, 5.41) is 16.8. The highest BCUT2D eigenvalue weighted by Gasteiger charge is 2.25. The molecule has 1 aliphatic rings. The lowest BCUT2D eigenvalue weighted by Gasteiger charge is -2.32. The number of rotatable bonds is 5. The Morgan fingerprint density at radius 2 is 1.88 bits per heavy atom. The number of hydrogen-bond acceptors (Lipinski definition) is 9. The van der Waals surface area contributed by atoms with Gasteiger partial charge in [-0.1, -0.05) is 11.6 Å². The van der Waals surface area contributed by atoms with E-state index in [2.05, 4.69) is 30.6 Å². The van der Waals surface area contributed by atoms with Crippen molar-refractivity contribution in [2.45, 2.75) is 0 Å². The Labute approximate surface area is 149 Å². The Morgan fingerprint density at radius 3 is 2.52 bits per heavy atom. The van der Waals surface area contributed by atoms with Crippen molar-refractivity contribution in [1.82, 2.24) is 24.9 Å². The van der Waals surface area contributed by atoms with E-state index in [1.165, 1.54) is 12.5 Å². The number of nitrogens with one attached hydrogen (secondary N) is 2. The molecule has 3 rings (SSSR count). The van der Waals surface area contributed by atoms with Crippen LogP contribution in [0.4, 0.5) is 23.1 Å². The van der Waals surface area contributed by atoms with Crippen LogP contribution in [0.25, 0.3) is 0 Å². The van der Waals surface area contributed by atoms with E-state index in [1.807, 2.05) is 12.1 Å². The van der Waals surface area contributed by atoms with Crippen molar-refractivity contribution in [1.29, 1.82) is 0 Å². The van der Waals surface area contributed by atoms with Crippen LogP contribution in [0.3, 0.4) is 0 Å². The molecular formula is C14H17ClN8O2. The Morgan fingerprint density at radius 1 is 1.16 bits per heavy atom. The van der Waals surface area contributed by atoms with Crippen LogP contribution in [0.15, 0.2) is 24.7 Å². The molecule has 0 atom stereocenters. The first-order chi connectivity index (χ1) is 12.0. The van der Waals surface area contributed by atoms with Crippen molar-refractivity contribution >= 4 is 34.7 Å². The highest BCUT2D eigenvalue weighted by molar-refractivity contribution is 6.30. The number of pyridine rings is 1. The fraction of sp³-hybridized carbons (Fsp3) is 0.357. The molecule has 132 valence electrons. The third-order valence-corrected chi connectivity index (χ3v) is 3.97. The van der Waals surface area contributed by atoms with Gasteiger partial charge in [-0.05, 0) is 19.2 Å². The summed E-state index contributed by atoms with van der Waals surface area (Å²) in [4.78, 5) is 25.3. The van der Waals surface area contributed by atoms with Crippen molar-refractivity contribution in [2.75, 3.05) is 44.0 Å². The summed E-state index contributed by atoms with van der Waals surface area (Å²) in [5.41, 5.74) is 2.78. The van der Waals surface area contributed by atoms with Gasteiger partial charge in [0.25, 0.3) is 0 Å². The highest BCUT2D eigenvalue weighted by Crippen LogP contribution is 2.31. The normalized spacial score (nSPS) is 15.8. The molecule has 3 heterocycles. The van der Waals surface area contributed by atoms with Crippen LogP contribution in [-0.4, -0.2) is 63.0 Å². The number of hydrogen-bond donors (Lipinski definition) is 2. The van der Waals surface area contributed by atoms with Crippen molar-refractivity contribution in [3.63, 3.8) is 0 Å². The smallest absolute Gasteiger partial charge is 0.319 e. The number of halogens is 1. The van der Waals surface area contributed by atoms with Crippen LogP contribution in [-0.2, 0) is 0 Å². The molecule has 0 saturated carbocycles. The Kier molecular flexibility index (Phi) is 5.22. The number of nitrogens with zero attached hydrogens (tertiary/aromatic N) is 6. The zero-order chi connectivity index (χ0) is 17.8. The third kappa shape index (κ3) is 4.29. The molecule has 0 bridgehead atoms. The average molecular weight is 365 g/mol. The molecule has 10 nitrogen and oxygen atoms in total. The molecule has 2 N–H and O–H groups in total. The summed E-state index contributed by atoms with van der Waals surface area (Å²) in [7, 11) is 2.03. The maximum absolute atomic E-state index is 11.6. The van der Waals surface area contributed by atoms with Gasteiger partial charge in [-0.3, -0.25) is 15.5 Å². The van der Waals surface area contributed by atoms with E-state index < -0.39 is 4.92 Å². The quantitative estimate of drug-likeness (QED) is 0.605. The zero-order valence-corrected chi connectivity index (χ0v) is 14.3. The number of piperazine rings is 1. The fourth-order valence-electron chi connectivity index (χ4n) is 2.36. The van der Waals surface area contributed by atoms with E-state index in [1.54, 1.807) is 12.1 Å². The first kappa shape index (κ1) is 17.3. The third-order valence-electron chi connectivity index (χ3n) is 3.75. The molecular weight excluding hydrogens is 348 g/mol. The van der Waals surface area contributed by atoms with Gasteiger partial charge in [0, 0.05) is 32.4 Å². The Balaban J connectivity index is 1.83. The lowest BCUT2D eigenvalue weighted by Crippen LogP contribution is -2.47. The maximum Gasteiger partial charge on any atom is 0.354 e. The number of likely N-dealkylation sites (N-methyl/N-ethyl adjacent to an activating group) is 1. The van der Waals surface area contributed by atoms with Crippen LogP contribution in [0, 0.1) is 10.1 Å². The second-order valence-electron chi connectivity index (χ2n) is 5.57. The lowest BCUT2D eigenvalue weighted by molar-refractivity contribution is -0.383. The number of hydrazine groups is 1. The molecule has 2 aromatic heterocycles. The lowest BCUT2D eigenvalue weighted by atomic mass is 10.4. The SMILES string of the molecule is CN1CCN(Nc2ncnc(Nc3ccc(Cl)cn3)c2[N+](=O)[O-])CC1. The van der Waals surface area contributed by atoms with Gasteiger partial charge in [0.1, 0.15) is 12.1 Å². The summed E-state index contributed by atoms with van der Waals surface area (Å²) in [6, 6.07) is 3.25. The maximum atomic E-state index is 11.6. The Bertz CT molecular complexity index is 749. The standard InChI is InChI=1S/C14H17ClN8O2/c1-21-4-6-22(7-5-21)20-14-12(23(24)25)13(17-9-18-14)19-11-3-2-10(15)8-16-11/h2-3,8-9H,4-7H2,1H3,(H2,16,17,18,19,20). The van der Waals surface area contributed by atoms with Crippen LogP contribution >= 0.6 is 11.6 Å². The molecule has 25 heavy (non-hydrogen) atoms. The molecule has 2 aromatic rings. The van der Waals surface area contributed by atoms with Crippen LogP contribution in [0.1, 0.15) is 0 Å². The van der Waals surface area contributed by atoms with E-state index >= 15 is 0 Å². The van der Waals surface area contributed by atoms with Gasteiger partial charge in [0.15, 0.2) is 0 Å². The van der Waals surface area contributed by atoms with Gasteiger partial charge in [-0.25, -0.2) is 20.0 Å². The minimum Gasteiger partial charge on any atom is -0.319 e. The van der Waals surface area contributed by atoms with E-state index in [-0.39, 0.29) is 17.3 Å². The molecule has 0 amide bonds. The first-order valence-corrected chi connectivity index (χ1v) is 7.99. The van der Waals surface area contributed by atoms with E-state index in [0.717, 1.165) is 26.2 Å². The van der Waals surface area contributed by atoms with Gasteiger partial charge in [-0.15, -0.1) is 0 Å². The predicted molar refractivity (Wildman–Crippen MR) is 93.9 cm³/mol. The fourth-order valence-corrected chi connectivity index (χ4v) is 2.48. The Hall–Kier alpha value is -2.56. The van der Waals surface area contributed by atoms with Crippen LogP contribution < -0.4 is 10.7 Å². The average Bonchev–Trinajstić information content (AvgIpc) is 2.59. The molecule has 1 saturated heterocycles. The molecule has 0 spiro atoms. The van der Waals surface area contributed by atoms with E-state index in [9.17, 15) is 10.1 Å². The molecule has 0 radical (unpaired) electrons. The van der Waals surface area contributed by atoms with Gasteiger partial charge in [-0.2, -0.15) is 0 Å². The van der Waals surface area contributed by atoms with Crippen molar-refractivity contribution in [3.8, 4) is 0 Å². The minimum absolute atomic E-state index is 0.0615. The second-order valence-corrected chi connectivity index (χ2v) is 6.00. The van der Waals surface area contributed by atoms with Crippen LogP contribution in [0.5, 0.6) is 0 Å². The van der Waals surface area contributed by atoms with Gasteiger partial charge in [0.05, 0.1) is 9.95 Å². The van der Waals surface area contributed by atoms with Gasteiger partial charge in [0.2, 0.25) is 11.6 Å². The summed E-state index contributed by atoms with van der Waals surface area (Å²) in [6.07, 6.45) is 2.71. The van der Waals surface area contributed by atoms with Crippen LogP contribution in [0.2, 0.25) is 5.02 Å². The van der Waals surface area contributed by atoms with E-state index in [0.29, 0.717) is 10.8 Å². The molecule has 0 unspecified atom stereocenters. The highest BCUT2D eigenvalue weighted by atomic mass is 35.5. The monoisotopic (exact) mass is 364 g/mol. The summed E-state index contributed by atoms with van der Waals surface area (Å²) in [5.74, 6) is 0.601. The van der Waals surface area contributed by atoms with Gasteiger partial charge < -0.3 is 10.2 Å². The number of anilines is 3. The van der Waals surface area contributed by atoms with Crippen molar-refractivity contribution in [3.05, 3.63) is 39.8 Å². The molecule has 1 fully saturated rings. The summed E-state index contributed by atoms with van der Waals surface area (Å²) >= 11 is 5.80. The van der Waals surface area contributed by atoms with E-state index in [4.69, 9.17) is 11.6 Å². The zero-order valence-electron chi connectivity index (χ0n) is 13.5. The molecule has 11 heteroatoms. The van der Waals surface area contributed by atoms with Gasteiger partial charge >= 0.3 is 5.69 Å². The second kappa shape index (κ2) is 7.55. The van der Waals surface area contributed by atoms with Crippen molar-refractivity contribution < 1.29 is 4.92 Å². The number of nitro groups is 1. The molecule has 1 aliphatic heterocycles. The minimum atomic E-state index is -0.517. The largest absolute Gasteiger partial charge is 0.354 e. The first-order valence-electron chi connectivity index (χ1n) is 7.61.